The van der Waals surface area contributed by atoms with Gasteiger partial charge in [-0.15, -0.1) is 11.3 Å². The topological polar surface area (TPSA) is 68.0 Å². The van der Waals surface area contributed by atoms with Crippen LogP contribution in [0.5, 0.6) is 0 Å². The van der Waals surface area contributed by atoms with Crippen LogP contribution >= 0.6 is 11.3 Å². The zero-order valence-electron chi connectivity index (χ0n) is 11.4. The second kappa shape index (κ2) is 5.57. The highest BCUT2D eigenvalue weighted by Crippen LogP contribution is 2.31. The SMILES string of the molecule is CC(C)CC(C)NC(=O)c1sc2ncccc2c1N. The molecule has 0 spiro atoms. The molecule has 3 N–H and O–H groups in total. The fourth-order valence-corrected chi connectivity index (χ4v) is 3.14. The van der Waals surface area contributed by atoms with Crippen molar-refractivity contribution in [1.82, 2.24) is 10.3 Å². The maximum absolute atomic E-state index is 12.2. The van der Waals surface area contributed by atoms with Crippen LogP contribution in [-0.2, 0) is 0 Å². The standard InChI is InChI=1S/C14H19N3OS/c1-8(2)7-9(3)17-13(18)12-11(15)10-5-4-6-16-14(10)19-12/h4-6,8-9H,7,15H2,1-3H3,(H,17,18). The summed E-state index contributed by atoms with van der Waals surface area (Å²) in [5, 5.41) is 3.85. The minimum atomic E-state index is -0.103. The molecule has 2 rings (SSSR count). The van der Waals surface area contributed by atoms with Crippen molar-refractivity contribution < 1.29 is 4.79 Å². The number of carbonyl (C=O) groups is 1. The Morgan fingerprint density at radius 3 is 2.84 bits per heavy atom. The molecule has 0 aromatic carbocycles. The fourth-order valence-electron chi connectivity index (χ4n) is 2.18. The predicted molar refractivity (Wildman–Crippen MR) is 80.4 cm³/mol. The van der Waals surface area contributed by atoms with Crippen LogP contribution in [0.3, 0.4) is 0 Å². The number of pyridine rings is 1. The molecular formula is C14H19N3OS. The van der Waals surface area contributed by atoms with E-state index in [0.29, 0.717) is 16.5 Å². The number of nitrogens with two attached hydrogens (primary N) is 1. The fraction of sp³-hybridized carbons (Fsp3) is 0.429. The number of rotatable bonds is 4. The average molecular weight is 277 g/mol. The maximum Gasteiger partial charge on any atom is 0.263 e. The van der Waals surface area contributed by atoms with Gasteiger partial charge >= 0.3 is 0 Å². The number of aromatic nitrogens is 1. The van der Waals surface area contributed by atoms with Crippen LogP contribution in [0.15, 0.2) is 18.3 Å². The summed E-state index contributed by atoms with van der Waals surface area (Å²) in [5.74, 6) is 0.449. The summed E-state index contributed by atoms with van der Waals surface area (Å²) in [5.41, 5.74) is 6.56. The quantitative estimate of drug-likeness (QED) is 0.902. The third-order valence-electron chi connectivity index (χ3n) is 2.91. The second-order valence-electron chi connectivity index (χ2n) is 5.21. The van der Waals surface area contributed by atoms with Crippen molar-refractivity contribution in [1.29, 1.82) is 0 Å². The van der Waals surface area contributed by atoms with E-state index in [1.165, 1.54) is 11.3 Å². The normalized spacial score (nSPS) is 12.8. The average Bonchev–Trinajstić information content (AvgIpc) is 2.66. The molecule has 4 nitrogen and oxygen atoms in total. The molecule has 19 heavy (non-hydrogen) atoms. The van der Waals surface area contributed by atoms with E-state index in [1.54, 1.807) is 6.20 Å². The Bertz CT molecular complexity index is 591. The van der Waals surface area contributed by atoms with Gasteiger partial charge in [-0.3, -0.25) is 4.79 Å². The monoisotopic (exact) mass is 277 g/mol. The molecule has 0 radical (unpaired) electrons. The van der Waals surface area contributed by atoms with Gasteiger partial charge in [0.05, 0.1) is 5.69 Å². The zero-order chi connectivity index (χ0) is 14.0. The number of hydrogen-bond acceptors (Lipinski definition) is 4. The highest BCUT2D eigenvalue weighted by atomic mass is 32.1. The Labute approximate surface area is 117 Å². The molecule has 2 aromatic heterocycles. The molecule has 1 unspecified atom stereocenters. The van der Waals surface area contributed by atoms with Gasteiger partial charge < -0.3 is 11.1 Å². The van der Waals surface area contributed by atoms with Crippen molar-refractivity contribution in [3.63, 3.8) is 0 Å². The van der Waals surface area contributed by atoms with Crippen LogP contribution in [0.4, 0.5) is 5.69 Å². The summed E-state index contributed by atoms with van der Waals surface area (Å²) >= 11 is 1.34. The van der Waals surface area contributed by atoms with E-state index in [0.717, 1.165) is 16.6 Å². The van der Waals surface area contributed by atoms with Gasteiger partial charge in [0.25, 0.3) is 5.91 Å². The number of thiophene rings is 1. The predicted octanol–water partition coefficient (Wildman–Crippen LogP) is 3.04. The number of carbonyl (C=O) groups excluding carboxylic acids is 1. The number of fused-ring (bicyclic) bond motifs is 1. The first-order valence-corrected chi connectivity index (χ1v) is 7.24. The lowest BCUT2D eigenvalue weighted by atomic mass is 10.1. The Kier molecular flexibility index (Phi) is 4.04. The largest absolute Gasteiger partial charge is 0.397 e. The van der Waals surface area contributed by atoms with E-state index in [-0.39, 0.29) is 11.9 Å². The molecule has 1 amide bonds. The van der Waals surface area contributed by atoms with Gasteiger partial charge in [-0.2, -0.15) is 0 Å². The molecule has 2 aromatic rings. The summed E-state index contributed by atoms with van der Waals surface area (Å²) in [4.78, 5) is 17.8. The molecule has 0 bridgehead atoms. The molecule has 1 atom stereocenters. The lowest BCUT2D eigenvalue weighted by Crippen LogP contribution is -2.33. The summed E-state index contributed by atoms with van der Waals surface area (Å²) < 4.78 is 0. The van der Waals surface area contributed by atoms with Gasteiger partial charge in [0, 0.05) is 17.6 Å². The summed E-state index contributed by atoms with van der Waals surface area (Å²) in [6.45, 7) is 6.29. The van der Waals surface area contributed by atoms with Gasteiger partial charge in [0.15, 0.2) is 0 Å². The van der Waals surface area contributed by atoms with E-state index in [1.807, 2.05) is 19.1 Å². The summed E-state index contributed by atoms with van der Waals surface area (Å²) in [7, 11) is 0. The van der Waals surface area contributed by atoms with Crippen molar-refractivity contribution in [3.8, 4) is 0 Å². The zero-order valence-corrected chi connectivity index (χ0v) is 12.3. The highest BCUT2D eigenvalue weighted by Gasteiger charge is 2.18. The molecular weight excluding hydrogens is 258 g/mol. The first-order valence-electron chi connectivity index (χ1n) is 6.43. The molecule has 0 saturated carbocycles. The van der Waals surface area contributed by atoms with E-state index in [2.05, 4.69) is 24.1 Å². The lowest BCUT2D eigenvalue weighted by Gasteiger charge is -2.15. The molecule has 0 fully saturated rings. The third-order valence-corrected chi connectivity index (χ3v) is 4.04. The molecule has 102 valence electrons. The van der Waals surface area contributed by atoms with Crippen LogP contribution in [0.25, 0.3) is 10.2 Å². The Morgan fingerprint density at radius 1 is 1.47 bits per heavy atom. The molecule has 0 aliphatic rings. The van der Waals surface area contributed by atoms with Crippen molar-refractivity contribution >= 4 is 33.1 Å². The first-order chi connectivity index (χ1) is 8.99. The van der Waals surface area contributed by atoms with Crippen LogP contribution in [0, 0.1) is 5.92 Å². The Morgan fingerprint density at radius 2 is 2.21 bits per heavy atom. The van der Waals surface area contributed by atoms with E-state index in [9.17, 15) is 4.79 Å². The Balaban J connectivity index is 2.20. The van der Waals surface area contributed by atoms with Crippen LogP contribution < -0.4 is 11.1 Å². The van der Waals surface area contributed by atoms with E-state index >= 15 is 0 Å². The molecule has 5 heteroatoms. The number of nitrogens with zero attached hydrogens (tertiary/aromatic N) is 1. The van der Waals surface area contributed by atoms with Crippen LogP contribution in [-0.4, -0.2) is 16.9 Å². The molecule has 0 saturated heterocycles. The molecule has 0 aliphatic heterocycles. The van der Waals surface area contributed by atoms with Gasteiger partial charge in [-0.1, -0.05) is 13.8 Å². The van der Waals surface area contributed by atoms with E-state index < -0.39 is 0 Å². The van der Waals surface area contributed by atoms with Crippen molar-refractivity contribution in [2.45, 2.75) is 33.2 Å². The van der Waals surface area contributed by atoms with Crippen molar-refractivity contribution in [2.75, 3.05) is 5.73 Å². The first kappa shape index (κ1) is 13.8. The number of anilines is 1. The van der Waals surface area contributed by atoms with Crippen molar-refractivity contribution in [2.24, 2.45) is 5.92 Å². The molecule has 0 aliphatic carbocycles. The smallest absolute Gasteiger partial charge is 0.263 e. The number of nitrogen functional groups attached to an aromatic ring is 1. The van der Waals surface area contributed by atoms with Gasteiger partial charge in [0.1, 0.15) is 9.71 Å². The minimum Gasteiger partial charge on any atom is -0.397 e. The van der Waals surface area contributed by atoms with Gasteiger partial charge in [-0.05, 0) is 31.4 Å². The Hall–Kier alpha value is -1.62. The second-order valence-corrected chi connectivity index (χ2v) is 6.20. The summed E-state index contributed by atoms with van der Waals surface area (Å²) in [6.07, 6.45) is 2.66. The number of amides is 1. The van der Waals surface area contributed by atoms with Gasteiger partial charge in [0.2, 0.25) is 0 Å². The highest BCUT2D eigenvalue weighted by molar-refractivity contribution is 7.21. The summed E-state index contributed by atoms with van der Waals surface area (Å²) in [6, 6.07) is 3.86. The minimum absolute atomic E-state index is 0.103. The van der Waals surface area contributed by atoms with Crippen LogP contribution in [0.2, 0.25) is 0 Å². The van der Waals surface area contributed by atoms with E-state index in [4.69, 9.17) is 5.73 Å². The van der Waals surface area contributed by atoms with Crippen molar-refractivity contribution in [3.05, 3.63) is 23.2 Å². The number of hydrogen-bond donors (Lipinski definition) is 2. The third kappa shape index (κ3) is 3.04. The maximum atomic E-state index is 12.2. The van der Waals surface area contributed by atoms with Crippen LogP contribution in [0.1, 0.15) is 36.9 Å². The number of nitrogens with one attached hydrogen (secondary N) is 1. The lowest BCUT2D eigenvalue weighted by molar-refractivity contribution is 0.0941. The molecule has 2 heterocycles. The van der Waals surface area contributed by atoms with Gasteiger partial charge in [-0.25, -0.2) is 4.98 Å².